The number of hydrogen-bond donors (Lipinski definition) is 5. The quantitative estimate of drug-likeness (QED) is 0.128. The zero-order chi connectivity index (χ0) is 17.3. The van der Waals surface area contributed by atoms with E-state index in [1.165, 1.54) is 5.53 Å². The molecule has 0 bridgehead atoms. The number of phosphoric acid groups is 1. The van der Waals surface area contributed by atoms with Crippen LogP contribution >= 0.6 is 7.82 Å². The van der Waals surface area contributed by atoms with Crippen LogP contribution in [0.2, 0.25) is 0 Å². The van der Waals surface area contributed by atoms with Gasteiger partial charge in [0, 0.05) is 4.52 Å². The second-order valence-electron chi connectivity index (χ2n) is 2.86. The lowest BCUT2D eigenvalue weighted by Gasteiger charge is -2.21. The number of rotatable bonds is 6. The average molecular weight is 407 g/mol. The first-order valence-corrected chi connectivity index (χ1v) is 9.46. The normalized spacial score (nSPS) is 20.9. The van der Waals surface area contributed by atoms with Gasteiger partial charge in [0.15, 0.2) is 0 Å². The van der Waals surface area contributed by atoms with Crippen molar-refractivity contribution in [2.24, 2.45) is 11.0 Å². The van der Waals surface area contributed by atoms with E-state index in [9.17, 15) is 25.6 Å². The number of hydrazone groups is 1. The van der Waals surface area contributed by atoms with E-state index < -0.39 is 50.3 Å². The summed E-state index contributed by atoms with van der Waals surface area (Å²) in [6, 6.07) is -1.39. The summed E-state index contributed by atoms with van der Waals surface area (Å²) in [5.41, 5.74) is 1.43. The van der Waals surface area contributed by atoms with Gasteiger partial charge in [-0.05, 0) is 0 Å². The van der Waals surface area contributed by atoms with Crippen molar-refractivity contribution in [1.82, 2.24) is 14.5 Å². The Kier molecular flexibility index (Phi) is 5.46. The summed E-state index contributed by atoms with van der Waals surface area (Å²) < 4.78 is 101. The molecular formula is CH6N5O12PS3. The lowest BCUT2D eigenvalue weighted by atomic mass is 11.2. The van der Waals surface area contributed by atoms with Crippen LogP contribution in [0.1, 0.15) is 0 Å². The summed E-state index contributed by atoms with van der Waals surface area (Å²) in [6.07, 6.45) is 0. The molecule has 22 heavy (non-hydrogen) atoms. The van der Waals surface area contributed by atoms with Gasteiger partial charge in [0.05, 0.1) is 0 Å². The molecule has 130 valence electrons. The minimum absolute atomic E-state index is 0.367. The van der Waals surface area contributed by atoms with E-state index in [4.69, 9.17) is 13.7 Å². The molecule has 0 aliphatic carbocycles. The highest BCUT2D eigenvalue weighted by Gasteiger charge is 2.45. The largest absolute Gasteiger partial charge is 0.565 e. The van der Waals surface area contributed by atoms with Crippen molar-refractivity contribution >= 4 is 45.8 Å². The van der Waals surface area contributed by atoms with E-state index in [0.29, 0.717) is 0 Å². The maximum absolute atomic E-state index is 11.6. The molecular weight excluding hydrogens is 401 g/mol. The fourth-order valence-electron chi connectivity index (χ4n) is 0.847. The molecule has 6 N–H and O–H groups in total. The van der Waals surface area contributed by atoms with Crippen LogP contribution in [0.15, 0.2) is 5.10 Å². The molecule has 0 spiro atoms. The van der Waals surface area contributed by atoms with E-state index in [2.05, 4.69) is 24.1 Å². The topological polar surface area (TPSA) is 248 Å². The SMILES string of the molecule is NOP(=O)(OC1=NNN(S(=O)(=O)O)N1S(=O)O)OS(=O)(=O)O. The van der Waals surface area contributed by atoms with Gasteiger partial charge in [-0.1, -0.05) is 0 Å². The lowest BCUT2D eigenvalue weighted by Crippen LogP contribution is -2.49. The predicted octanol–water partition coefficient (Wildman–Crippen LogP) is -2.93. The van der Waals surface area contributed by atoms with Crippen LogP contribution in [0.25, 0.3) is 0 Å². The molecule has 0 amide bonds. The third-order valence-electron chi connectivity index (χ3n) is 1.43. The van der Waals surface area contributed by atoms with Gasteiger partial charge in [0.2, 0.25) is 0 Å². The Morgan fingerprint density at radius 1 is 1.32 bits per heavy atom. The van der Waals surface area contributed by atoms with E-state index in [1.807, 2.05) is 0 Å². The van der Waals surface area contributed by atoms with Crippen LogP contribution < -0.4 is 11.4 Å². The highest BCUT2D eigenvalue weighted by atomic mass is 32.3. The molecule has 0 aromatic heterocycles. The predicted molar refractivity (Wildman–Crippen MR) is 63.2 cm³/mol. The molecule has 0 aromatic carbocycles. The average Bonchev–Trinajstić information content (AvgIpc) is 2.69. The van der Waals surface area contributed by atoms with Crippen molar-refractivity contribution in [3.05, 3.63) is 0 Å². The molecule has 2 unspecified atom stereocenters. The van der Waals surface area contributed by atoms with Gasteiger partial charge in [0.1, 0.15) is 0 Å². The van der Waals surface area contributed by atoms with Crippen molar-refractivity contribution in [1.29, 1.82) is 0 Å². The van der Waals surface area contributed by atoms with Gasteiger partial charge in [-0.2, -0.15) is 27.0 Å². The van der Waals surface area contributed by atoms with Gasteiger partial charge in [-0.3, -0.25) is 13.7 Å². The Bertz CT molecular complexity index is 739. The fraction of sp³-hybridized carbons (Fsp3) is 0. The van der Waals surface area contributed by atoms with E-state index in [1.54, 1.807) is 0 Å². The third-order valence-corrected chi connectivity index (χ3v) is 4.96. The van der Waals surface area contributed by atoms with Crippen molar-refractivity contribution in [3.63, 3.8) is 0 Å². The molecule has 21 heteroatoms. The Balaban J connectivity index is 3.11. The van der Waals surface area contributed by atoms with E-state index in [0.717, 1.165) is 0 Å². The Morgan fingerprint density at radius 3 is 2.23 bits per heavy atom. The number of nitrogens with zero attached hydrogens (tertiary/aromatic N) is 3. The molecule has 0 aromatic rings. The molecule has 1 aliphatic rings. The third kappa shape index (κ3) is 4.79. The molecule has 0 saturated heterocycles. The molecule has 1 aliphatic heterocycles. The maximum Gasteiger partial charge on any atom is 0.565 e. The second-order valence-corrected chi connectivity index (χ2v) is 7.65. The molecule has 0 fully saturated rings. The van der Waals surface area contributed by atoms with Crippen LogP contribution in [0.4, 0.5) is 0 Å². The van der Waals surface area contributed by atoms with E-state index >= 15 is 0 Å². The lowest BCUT2D eigenvalue weighted by molar-refractivity contribution is 0.157. The van der Waals surface area contributed by atoms with Crippen molar-refractivity contribution in [2.75, 3.05) is 0 Å². The molecule has 2 atom stereocenters. The van der Waals surface area contributed by atoms with Gasteiger partial charge in [0.25, 0.3) is 11.3 Å². The van der Waals surface area contributed by atoms with Crippen LogP contribution in [0, 0.1) is 0 Å². The summed E-state index contributed by atoms with van der Waals surface area (Å²) >= 11 is -3.29. The smallest absolute Gasteiger partial charge is 0.365 e. The summed E-state index contributed by atoms with van der Waals surface area (Å²) in [5, 5.41) is 2.89. The number of amidine groups is 1. The maximum atomic E-state index is 11.6. The molecule has 0 radical (unpaired) electrons. The highest BCUT2D eigenvalue weighted by molar-refractivity contribution is 7.85. The number of nitrogens with one attached hydrogen (secondary N) is 1. The van der Waals surface area contributed by atoms with Crippen LogP contribution in [-0.2, 0) is 49.7 Å². The number of hydrogen-bond acceptors (Lipinski definition) is 12. The monoisotopic (exact) mass is 407 g/mol. The van der Waals surface area contributed by atoms with E-state index in [-0.39, 0.29) is 4.41 Å². The zero-order valence-corrected chi connectivity index (χ0v) is 13.0. The summed E-state index contributed by atoms with van der Waals surface area (Å²) in [4.78, 5) is 0. The Morgan fingerprint density at radius 2 is 1.86 bits per heavy atom. The molecule has 1 rings (SSSR count). The number of hydrazine groups is 2. The van der Waals surface area contributed by atoms with Crippen molar-refractivity contribution in [2.45, 2.75) is 0 Å². The first kappa shape index (κ1) is 19.1. The first-order chi connectivity index (χ1) is 9.79. The molecule has 17 nitrogen and oxygen atoms in total. The highest BCUT2D eigenvalue weighted by Crippen LogP contribution is 2.49. The fourth-order valence-corrected chi connectivity index (χ4v) is 3.65. The summed E-state index contributed by atoms with van der Waals surface area (Å²) in [6.45, 7) is 0. The Labute approximate surface area is 124 Å². The summed E-state index contributed by atoms with van der Waals surface area (Å²) in [5.74, 6) is 4.43. The standard InChI is InChI=1S/CH6N5O12PS3/c2-17-19(7,18-22(13,14)15)16-1-3-4-6(21(10,11)12)5(1)20(8)9/h4H,2H2,(H,8,9)(H,10,11,12)(H,13,14,15). The van der Waals surface area contributed by atoms with Crippen molar-refractivity contribution in [3.8, 4) is 0 Å². The van der Waals surface area contributed by atoms with Gasteiger partial charge >= 0.3 is 34.5 Å². The number of nitrogens with two attached hydrogens (primary N) is 1. The second kappa shape index (κ2) is 6.29. The first-order valence-electron chi connectivity index (χ1n) is 4.18. The van der Waals surface area contributed by atoms with Gasteiger partial charge < -0.3 is 4.52 Å². The molecule has 1 heterocycles. The minimum atomic E-state index is -5.42. The van der Waals surface area contributed by atoms with Gasteiger partial charge in [-0.15, -0.1) is 13.5 Å². The molecule has 0 saturated carbocycles. The zero-order valence-electron chi connectivity index (χ0n) is 9.61. The van der Waals surface area contributed by atoms with Crippen LogP contribution in [0.5, 0.6) is 0 Å². The van der Waals surface area contributed by atoms with Crippen LogP contribution in [-0.4, -0.2) is 49.7 Å². The summed E-state index contributed by atoms with van der Waals surface area (Å²) in [7, 11) is -16.0. The van der Waals surface area contributed by atoms with Crippen molar-refractivity contribution < 1.29 is 52.4 Å². The minimum Gasteiger partial charge on any atom is -0.365 e. The Hall–Kier alpha value is -0.930. The van der Waals surface area contributed by atoms with Crippen LogP contribution in [0.3, 0.4) is 0 Å². The van der Waals surface area contributed by atoms with Gasteiger partial charge in [-0.25, -0.2) is 14.7 Å².